The first kappa shape index (κ1) is 13.4. The molecule has 0 aliphatic carbocycles. The molecule has 0 aliphatic rings. The molecular weight excluding hydrogens is 295 g/mol. The van der Waals surface area contributed by atoms with E-state index in [4.69, 9.17) is 4.42 Å². The second-order valence-corrected chi connectivity index (χ2v) is 4.94. The number of oxazole rings is 1. The summed E-state index contributed by atoms with van der Waals surface area (Å²) in [5.41, 5.74) is 3.72. The fraction of sp³-hybridized carbons (Fsp3) is 0. The van der Waals surface area contributed by atoms with E-state index in [1.807, 2.05) is 18.2 Å². The van der Waals surface area contributed by atoms with Crippen LogP contribution in [0.5, 0.6) is 0 Å². The Morgan fingerprint density at radius 3 is 2.87 bits per heavy atom. The van der Waals surface area contributed by atoms with E-state index < -0.39 is 0 Å². The predicted octanol–water partition coefficient (Wildman–Crippen LogP) is 4.17. The number of hydrogen-bond donors (Lipinski definition) is 1. The number of nitrogens with one attached hydrogen (secondary N) is 1. The summed E-state index contributed by atoms with van der Waals surface area (Å²) >= 11 is 0. The molecule has 0 spiro atoms. The summed E-state index contributed by atoms with van der Waals surface area (Å²) < 4.78 is 18.5. The molecular formula is C17H11FN4O. The average Bonchev–Trinajstić information content (AvgIpc) is 3.03. The topological polar surface area (TPSA) is 63.8 Å². The van der Waals surface area contributed by atoms with Crippen LogP contribution in [0.2, 0.25) is 0 Å². The van der Waals surface area contributed by atoms with Crippen molar-refractivity contribution < 1.29 is 8.81 Å². The zero-order valence-corrected chi connectivity index (χ0v) is 11.9. The third-order valence-corrected chi connectivity index (χ3v) is 3.36. The van der Waals surface area contributed by atoms with Gasteiger partial charge in [0.1, 0.15) is 11.3 Å². The number of anilines is 2. The van der Waals surface area contributed by atoms with E-state index in [0.717, 1.165) is 22.4 Å². The predicted molar refractivity (Wildman–Crippen MR) is 84.7 cm³/mol. The number of benzene rings is 2. The minimum atomic E-state index is -0.317. The number of fused-ring (bicyclic) bond motifs is 1. The Hall–Kier alpha value is -3.28. The van der Waals surface area contributed by atoms with Crippen molar-refractivity contribution in [1.82, 2.24) is 15.0 Å². The molecule has 0 saturated heterocycles. The van der Waals surface area contributed by atoms with Crippen molar-refractivity contribution >= 4 is 22.7 Å². The Labute approximate surface area is 130 Å². The molecule has 2 heterocycles. The molecule has 1 N–H and O–H groups in total. The molecule has 0 radical (unpaired) electrons. The summed E-state index contributed by atoms with van der Waals surface area (Å²) in [7, 11) is 0. The molecule has 0 fully saturated rings. The largest absolute Gasteiger partial charge is 0.443 e. The molecule has 0 bridgehead atoms. The van der Waals surface area contributed by atoms with Crippen molar-refractivity contribution in [1.29, 1.82) is 0 Å². The summed E-state index contributed by atoms with van der Waals surface area (Å²) in [5.74, 6) is 0.0796. The smallest absolute Gasteiger partial charge is 0.227 e. The first-order valence-electron chi connectivity index (χ1n) is 6.97. The van der Waals surface area contributed by atoms with Gasteiger partial charge in [-0.15, -0.1) is 0 Å². The van der Waals surface area contributed by atoms with Crippen molar-refractivity contribution in [2.75, 3.05) is 5.32 Å². The van der Waals surface area contributed by atoms with E-state index in [-0.39, 0.29) is 5.82 Å². The highest BCUT2D eigenvalue weighted by atomic mass is 19.1. The van der Waals surface area contributed by atoms with E-state index in [0.29, 0.717) is 11.6 Å². The van der Waals surface area contributed by atoms with Crippen molar-refractivity contribution in [2.45, 2.75) is 0 Å². The maximum Gasteiger partial charge on any atom is 0.227 e. The van der Waals surface area contributed by atoms with Gasteiger partial charge in [-0.3, -0.25) is 0 Å². The number of aromatic nitrogens is 3. The molecule has 4 rings (SSSR count). The average molecular weight is 306 g/mol. The van der Waals surface area contributed by atoms with Gasteiger partial charge in [0.15, 0.2) is 12.0 Å². The number of hydrogen-bond acceptors (Lipinski definition) is 5. The minimum absolute atomic E-state index is 0.317. The molecule has 112 valence electrons. The monoisotopic (exact) mass is 306 g/mol. The van der Waals surface area contributed by atoms with Gasteiger partial charge in [-0.25, -0.2) is 19.3 Å². The molecule has 5 nitrogen and oxygen atoms in total. The van der Waals surface area contributed by atoms with Gasteiger partial charge < -0.3 is 9.73 Å². The highest BCUT2D eigenvalue weighted by molar-refractivity contribution is 5.79. The molecule has 2 aromatic heterocycles. The zero-order chi connectivity index (χ0) is 15.6. The number of rotatable bonds is 3. The summed E-state index contributed by atoms with van der Waals surface area (Å²) in [6.45, 7) is 0. The van der Waals surface area contributed by atoms with Gasteiger partial charge in [0.25, 0.3) is 0 Å². The lowest BCUT2D eigenvalue weighted by atomic mass is 10.1. The highest BCUT2D eigenvalue weighted by Crippen LogP contribution is 2.23. The van der Waals surface area contributed by atoms with Gasteiger partial charge in [0.2, 0.25) is 5.95 Å². The van der Waals surface area contributed by atoms with Crippen LogP contribution in [0.15, 0.2) is 65.5 Å². The van der Waals surface area contributed by atoms with Crippen LogP contribution in [0.3, 0.4) is 0 Å². The van der Waals surface area contributed by atoms with Crippen molar-refractivity contribution in [3.05, 3.63) is 66.9 Å². The Morgan fingerprint density at radius 2 is 1.96 bits per heavy atom. The quantitative estimate of drug-likeness (QED) is 0.615. The van der Waals surface area contributed by atoms with Crippen LogP contribution in [-0.4, -0.2) is 15.0 Å². The Balaban J connectivity index is 1.67. The molecule has 4 aromatic rings. The van der Waals surface area contributed by atoms with Crippen molar-refractivity contribution in [2.24, 2.45) is 0 Å². The summed E-state index contributed by atoms with van der Waals surface area (Å²) in [4.78, 5) is 12.8. The van der Waals surface area contributed by atoms with E-state index in [1.54, 1.807) is 24.4 Å². The standard InChI is InChI=1S/C17H11FN4O/c18-12-2-1-3-13(9-12)21-17-19-7-6-14(22-17)11-4-5-16-15(8-11)20-10-23-16/h1-10H,(H,19,21,22). The van der Waals surface area contributed by atoms with Crippen LogP contribution < -0.4 is 5.32 Å². The van der Waals surface area contributed by atoms with Crippen LogP contribution in [0, 0.1) is 5.82 Å². The second-order valence-electron chi connectivity index (χ2n) is 4.94. The Morgan fingerprint density at radius 1 is 1.00 bits per heavy atom. The third-order valence-electron chi connectivity index (χ3n) is 3.36. The Bertz CT molecular complexity index is 983. The lowest BCUT2D eigenvalue weighted by Gasteiger charge is -2.06. The molecule has 0 unspecified atom stereocenters. The first-order valence-corrected chi connectivity index (χ1v) is 6.97. The maximum atomic E-state index is 13.2. The summed E-state index contributed by atoms with van der Waals surface area (Å²) in [5, 5.41) is 2.99. The lowest BCUT2D eigenvalue weighted by Crippen LogP contribution is -1.98. The van der Waals surface area contributed by atoms with Gasteiger partial charge in [0, 0.05) is 17.4 Å². The van der Waals surface area contributed by atoms with E-state index in [1.165, 1.54) is 18.5 Å². The molecule has 23 heavy (non-hydrogen) atoms. The fourth-order valence-corrected chi connectivity index (χ4v) is 2.29. The fourth-order valence-electron chi connectivity index (χ4n) is 2.29. The van der Waals surface area contributed by atoms with Crippen molar-refractivity contribution in [3.8, 4) is 11.3 Å². The van der Waals surface area contributed by atoms with Crippen LogP contribution in [0.1, 0.15) is 0 Å². The maximum absolute atomic E-state index is 13.2. The van der Waals surface area contributed by atoms with Crippen LogP contribution in [0.25, 0.3) is 22.4 Å². The van der Waals surface area contributed by atoms with Crippen LogP contribution in [0.4, 0.5) is 16.0 Å². The first-order chi connectivity index (χ1) is 11.3. The van der Waals surface area contributed by atoms with E-state index in [9.17, 15) is 4.39 Å². The van der Waals surface area contributed by atoms with E-state index >= 15 is 0 Å². The highest BCUT2D eigenvalue weighted by Gasteiger charge is 2.06. The van der Waals surface area contributed by atoms with Crippen LogP contribution >= 0.6 is 0 Å². The molecule has 0 saturated carbocycles. The van der Waals surface area contributed by atoms with E-state index in [2.05, 4.69) is 20.3 Å². The molecule has 0 amide bonds. The van der Waals surface area contributed by atoms with Gasteiger partial charge in [-0.1, -0.05) is 6.07 Å². The molecule has 2 aromatic carbocycles. The molecule has 6 heteroatoms. The van der Waals surface area contributed by atoms with Gasteiger partial charge in [-0.05, 0) is 42.5 Å². The van der Waals surface area contributed by atoms with Gasteiger partial charge >= 0.3 is 0 Å². The molecule has 0 atom stereocenters. The van der Waals surface area contributed by atoms with Crippen molar-refractivity contribution in [3.63, 3.8) is 0 Å². The van der Waals surface area contributed by atoms with Gasteiger partial charge in [0.05, 0.1) is 5.69 Å². The van der Waals surface area contributed by atoms with Gasteiger partial charge in [-0.2, -0.15) is 0 Å². The zero-order valence-electron chi connectivity index (χ0n) is 11.9. The summed E-state index contributed by atoms with van der Waals surface area (Å²) in [6.07, 6.45) is 3.06. The lowest BCUT2D eigenvalue weighted by molar-refractivity contribution is 0.602. The summed E-state index contributed by atoms with van der Waals surface area (Å²) in [6, 6.07) is 13.6. The normalized spacial score (nSPS) is 10.8. The van der Waals surface area contributed by atoms with Crippen LogP contribution in [-0.2, 0) is 0 Å². The SMILES string of the molecule is Fc1cccc(Nc2nccc(-c3ccc4ocnc4c3)n2)c1. The minimum Gasteiger partial charge on any atom is -0.443 e. The number of halogens is 1. The second kappa shape index (κ2) is 5.49. The molecule has 0 aliphatic heterocycles. The third kappa shape index (κ3) is 2.74. The Kier molecular flexibility index (Phi) is 3.20. The number of nitrogens with zero attached hydrogens (tertiary/aromatic N) is 3.